The summed E-state index contributed by atoms with van der Waals surface area (Å²) in [5, 5.41) is 11.3. The summed E-state index contributed by atoms with van der Waals surface area (Å²) in [6.07, 6.45) is 14.6. The summed E-state index contributed by atoms with van der Waals surface area (Å²) < 4.78 is 0. The van der Waals surface area contributed by atoms with Crippen LogP contribution in [0.5, 0.6) is 5.88 Å². The first kappa shape index (κ1) is 19.8. The first-order chi connectivity index (χ1) is 12.7. The molecule has 4 nitrogen and oxygen atoms in total. The zero-order valence-corrected chi connectivity index (χ0v) is 17.0. The normalized spacial score (nSPS) is 19.9. The molecule has 0 amide bonds. The Hall–Kier alpha value is -0.970. The lowest BCUT2D eigenvalue weighted by atomic mass is 9.67. The van der Waals surface area contributed by atoms with E-state index in [2.05, 4.69) is 16.9 Å². The maximum Gasteiger partial charge on any atom is 0.258 e. The fraction of sp³-hybridized carbons (Fsp3) is 0.810. The van der Waals surface area contributed by atoms with Gasteiger partial charge in [-0.1, -0.05) is 63.6 Å². The summed E-state index contributed by atoms with van der Waals surface area (Å²) >= 11 is 1.54. The second-order valence-corrected chi connectivity index (χ2v) is 9.22. The summed E-state index contributed by atoms with van der Waals surface area (Å²) in [4.78, 5) is 20.3. The van der Waals surface area contributed by atoms with Gasteiger partial charge in [0.05, 0.1) is 5.56 Å². The van der Waals surface area contributed by atoms with E-state index in [0.29, 0.717) is 22.6 Å². The van der Waals surface area contributed by atoms with E-state index in [4.69, 9.17) is 0 Å². The van der Waals surface area contributed by atoms with Gasteiger partial charge in [-0.2, -0.15) is 4.98 Å². The average Bonchev–Trinajstić information content (AvgIpc) is 2.66. The molecule has 1 aromatic heterocycles. The van der Waals surface area contributed by atoms with Crippen LogP contribution in [0.2, 0.25) is 0 Å². The number of thioether (sulfide) groups is 1. The topological polar surface area (TPSA) is 66.0 Å². The fourth-order valence-corrected chi connectivity index (χ4v) is 5.92. The van der Waals surface area contributed by atoms with Gasteiger partial charge in [-0.25, -0.2) is 0 Å². The standard InChI is InChI=1S/C21H34N2O2S/c1-2-3-14-26-21-22-19(24)18(20(25)23-21)17(15-10-6-4-7-11-15)16-12-8-5-9-13-16/h15-17H,2-14H2,1H3,(H2,22,23,24,25). The molecule has 0 aliphatic heterocycles. The highest BCUT2D eigenvalue weighted by molar-refractivity contribution is 7.99. The lowest BCUT2D eigenvalue weighted by Gasteiger charge is -2.37. The van der Waals surface area contributed by atoms with Gasteiger partial charge in [0.1, 0.15) is 0 Å². The molecule has 0 saturated heterocycles. The quantitative estimate of drug-likeness (QED) is 0.367. The van der Waals surface area contributed by atoms with E-state index in [1.54, 1.807) is 0 Å². The highest BCUT2D eigenvalue weighted by Gasteiger charge is 2.36. The molecule has 0 bridgehead atoms. The molecule has 0 aromatic carbocycles. The van der Waals surface area contributed by atoms with Gasteiger partial charge in [-0.3, -0.25) is 4.79 Å². The Morgan fingerprint density at radius 3 is 2.15 bits per heavy atom. The Morgan fingerprint density at radius 2 is 1.65 bits per heavy atom. The van der Waals surface area contributed by atoms with Gasteiger partial charge >= 0.3 is 0 Å². The van der Waals surface area contributed by atoms with Gasteiger partial charge in [0.2, 0.25) is 5.88 Å². The summed E-state index contributed by atoms with van der Waals surface area (Å²) in [5.41, 5.74) is 0.487. The van der Waals surface area contributed by atoms with Crippen molar-refractivity contribution < 1.29 is 5.11 Å². The third-order valence-electron chi connectivity index (χ3n) is 6.30. The number of unbranched alkanes of at least 4 members (excludes halogenated alkanes) is 1. The molecule has 2 aliphatic carbocycles. The minimum atomic E-state index is -0.0994. The van der Waals surface area contributed by atoms with Crippen molar-refractivity contribution in [2.45, 2.75) is 95.0 Å². The van der Waals surface area contributed by atoms with E-state index in [-0.39, 0.29) is 17.4 Å². The second kappa shape index (κ2) is 9.82. The number of nitrogens with one attached hydrogen (secondary N) is 1. The minimum Gasteiger partial charge on any atom is -0.493 e. The Morgan fingerprint density at radius 1 is 1.08 bits per heavy atom. The van der Waals surface area contributed by atoms with Crippen LogP contribution < -0.4 is 5.56 Å². The number of hydrogen-bond acceptors (Lipinski definition) is 4. The third kappa shape index (κ3) is 4.85. The molecule has 2 saturated carbocycles. The molecule has 2 N–H and O–H groups in total. The molecule has 1 heterocycles. The highest BCUT2D eigenvalue weighted by atomic mass is 32.2. The molecule has 0 radical (unpaired) electrons. The Kier molecular flexibility index (Phi) is 7.47. The van der Waals surface area contributed by atoms with Crippen LogP contribution >= 0.6 is 11.8 Å². The molecular weight excluding hydrogens is 344 g/mol. The van der Waals surface area contributed by atoms with Crippen molar-refractivity contribution in [1.82, 2.24) is 9.97 Å². The van der Waals surface area contributed by atoms with E-state index in [1.165, 1.54) is 76.0 Å². The third-order valence-corrected chi connectivity index (χ3v) is 7.26. The fourth-order valence-electron chi connectivity index (χ4n) is 4.98. The maximum atomic E-state index is 13.0. The van der Waals surface area contributed by atoms with Crippen LogP contribution in [0.1, 0.15) is 95.5 Å². The van der Waals surface area contributed by atoms with Crippen LogP contribution in [0.4, 0.5) is 0 Å². The molecule has 1 aromatic rings. The van der Waals surface area contributed by atoms with E-state index >= 15 is 0 Å². The molecule has 5 heteroatoms. The van der Waals surface area contributed by atoms with Crippen molar-refractivity contribution in [1.29, 1.82) is 0 Å². The van der Waals surface area contributed by atoms with Crippen molar-refractivity contribution in [3.05, 3.63) is 15.9 Å². The molecular formula is C21H34N2O2S. The molecule has 3 rings (SSSR count). The van der Waals surface area contributed by atoms with Crippen LogP contribution in [0.15, 0.2) is 9.95 Å². The number of aromatic amines is 1. The summed E-state index contributed by atoms with van der Waals surface area (Å²) in [5.74, 6) is 2.15. The Balaban J connectivity index is 1.88. The van der Waals surface area contributed by atoms with E-state index in [1.807, 2.05) is 0 Å². The number of rotatable bonds is 7. The van der Waals surface area contributed by atoms with Crippen LogP contribution in [0, 0.1) is 11.8 Å². The van der Waals surface area contributed by atoms with Crippen LogP contribution in [-0.2, 0) is 0 Å². The number of H-pyrrole nitrogens is 1. The first-order valence-electron chi connectivity index (χ1n) is 10.7. The largest absolute Gasteiger partial charge is 0.493 e. The van der Waals surface area contributed by atoms with Crippen molar-refractivity contribution in [3.8, 4) is 5.88 Å². The zero-order valence-electron chi connectivity index (χ0n) is 16.1. The van der Waals surface area contributed by atoms with Crippen molar-refractivity contribution in [2.24, 2.45) is 11.8 Å². The van der Waals surface area contributed by atoms with Crippen LogP contribution in [-0.4, -0.2) is 20.8 Å². The van der Waals surface area contributed by atoms with Crippen molar-refractivity contribution >= 4 is 11.8 Å². The number of nitrogens with zero attached hydrogens (tertiary/aromatic N) is 1. The molecule has 26 heavy (non-hydrogen) atoms. The predicted molar refractivity (Wildman–Crippen MR) is 108 cm³/mol. The number of hydrogen-bond donors (Lipinski definition) is 2. The Labute approximate surface area is 161 Å². The molecule has 146 valence electrons. The van der Waals surface area contributed by atoms with Gasteiger partial charge in [-0.05, 0) is 43.9 Å². The van der Waals surface area contributed by atoms with Crippen molar-refractivity contribution in [2.75, 3.05) is 5.75 Å². The lowest BCUT2D eigenvalue weighted by Crippen LogP contribution is -2.31. The van der Waals surface area contributed by atoms with Gasteiger partial charge in [0.25, 0.3) is 5.56 Å². The second-order valence-electron chi connectivity index (χ2n) is 8.13. The SMILES string of the molecule is CCCCSc1nc(O)c(C(C2CCCCC2)C2CCCCC2)c(=O)[nH]1. The molecule has 0 spiro atoms. The van der Waals surface area contributed by atoms with Gasteiger partial charge in [-0.15, -0.1) is 0 Å². The van der Waals surface area contributed by atoms with E-state index in [9.17, 15) is 9.90 Å². The predicted octanol–water partition coefficient (Wildman–Crippen LogP) is 5.61. The van der Waals surface area contributed by atoms with Crippen LogP contribution in [0.3, 0.4) is 0 Å². The smallest absolute Gasteiger partial charge is 0.258 e. The average molecular weight is 379 g/mol. The number of aromatic hydroxyl groups is 1. The molecule has 2 aliphatic rings. The lowest BCUT2D eigenvalue weighted by molar-refractivity contribution is 0.197. The first-order valence-corrected chi connectivity index (χ1v) is 11.6. The molecule has 0 unspecified atom stereocenters. The zero-order chi connectivity index (χ0) is 18.4. The van der Waals surface area contributed by atoms with E-state index in [0.717, 1.165) is 18.6 Å². The monoisotopic (exact) mass is 378 g/mol. The van der Waals surface area contributed by atoms with Gasteiger partial charge in [0.15, 0.2) is 5.16 Å². The maximum absolute atomic E-state index is 13.0. The molecule has 0 atom stereocenters. The van der Waals surface area contributed by atoms with Gasteiger partial charge in [0, 0.05) is 11.7 Å². The van der Waals surface area contributed by atoms with Crippen molar-refractivity contribution in [3.63, 3.8) is 0 Å². The van der Waals surface area contributed by atoms with Crippen LogP contribution in [0.25, 0.3) is 0 Å². The summed E-state index contributed by atoms with van der Waals surface area (Å²) in [7, 11) is 0. The number of aromatic nitrogens is 2. The van der Waals surface area contributed by atoms with E-state index < -0.39 is 0 Å². The highest BCUT2D eigenvalue weighted by Crippen LogP contribution is 2.46. The summed E-state index contributed by atoms with van der Waals surface area (Å²) in [6, 6.07) is 0. The van der Waals surface area contributed by atoms with Gasteiger partial charge < -0.3 is 10.1 Å². The minimum absolute atomic E-state index is 0.00565. The Bertz CT molecular complexity index is 601. The molecule has 2 fully saturated rings. The summed E-state index contributed by atoms with van der Waals surface area (Å²) in [6.45, 7) is 2.15.